The predicted octanol–water partition coefficient (Wildman–Crippen LogP) is 1.43. The number of hydrogen-bond donors (Lipinski definition) is 1. The van der Waals surface area contributed by atoms with Gasteiger partial charge in [0.1, 0.15) is 0 Å². The summed E-state index contributed by atoms with van der Waals surface area (Å²) in [4.78, 5) is 28.7. The molecule has 1 aromatic rings. The van der Waals surface area contributed by atoms with Crippen LogP contribution in [0.15, 0.2) is 24.5 Å². The molecule has 2 rings (SSSR count). The van der Waals surface area contributed by atoms with Gasteiger partial charge in [-0.1, -0.05) is 0 Å². The second-order valence-corrected chi connectivity index (χ2v) is 4.91. The lowest BCUT2D eigenvalue weighted by Gasteiger charge is -2.31. The van der Waals surface area contributed by atoms with Gasteiger partial charge in [0.15, 0.2) is 0 Å². The number of nitrogens with zero attached hydrogens (tertiary/aromatic N) is 2. The molecule has 1 fully saturated rings. The number of piperidine rings is 1. The normalized spacial score (nSPS) is 16.3. The van der Waals surface area contributed by atoms with E-state index in [0.29, 0.717) is 24.2 Å². The molecule has 1 aliphatic rings. The fourth-order valence-electron chi connectivity index (χ4n) is 2.31. The summed E-state index contributed by atoms with van der Waals surface area (Å²) in [5, 5.41) is 8.61. The van der Waals surface area contributed by atoms with Crippen molar-refractivity contribution >= 4 is 18.0 Å². The summed E-state index contributed by atoms with van der Waals surface area (Å²) in [5.41, 5.74) is 1.06. The topological polar surface area (TPSA) is 79.7 Å². The van der Waals surface area contributed by atoms with Crippen molar-refractivity contribution in [2.75, 3.05) is 20.2 Å². The van der Waals surface area contributed by atoms with Crippen LogP contribution in [0.25, 0.3) is 6.08 Å². The molecule has 0 atom stereocenters. The fraction of sp³-hybridized carbons (Fsp3) is 0.400. The molecular weight excluding hydrogens is 272 g/mol. The Balaban J connectivity index is 2.06. The quantitative estimate of drug-likeness (QED) is 0.849. The second kappa shape index (κ2) is 6.99. The van der Waals surface area contributed by atoms with E-state index in [4.69, 9.17) is 9.84 Å². The summed E-state index contributed by atoms with van der Waals surface area (Å²) >= 11 is 0. The lowest BCUT2D eigenvalue weighted by molar-refractivity contribution is -0.131. The zero-order chi connectivity index (χ0) is 15.2. The molecule has 21 heavy (non-hydrogen) atoms. The van der Waals surface area contributed by atoms with Crippen molar-refractivity contribution in [3.8, 4) is 0 Å². The smallest absolute Gasteiger partial charge is 0.328 e. The second-order valence-electron chi connectivity index (χ2n) is 4.91. The number of ether oxygens (including phenoxy) is 1. The van der Waals surface area contributed by atoms with Gasteiger partial charge in [-0.25, -0.2) is 4.79 Å². The lowest BCUT2D eigenvalue weighted by Crippen LogP contribution is -2.40. The SMILES string of the molecule is COC1CCN(C(=O)c2cncc(C=CC(=O)O)c2)CC1. The number of carbonyl (C=O) groups excluding carboxylic acids is 1. The Hall–Kier alpha value is -2.21. The fourth-order valence-corrected chi connectivity index (χ4v) is 2.31. The number of aliphatic carboxylic acids is 1. The zero-order valence-corrected chi connectivity index (χ0v) is 11.9. The summed E-state index contributed by atoms with van der Waals surface area (Å²) in [6, 6.07) is 1.65. The molecule has 0 saturated carbocycles. The number of carboxylic acids is 1. The van der Waals surface area contributed by atoms with Gasteiger partial charge in [-0.15, -0.1) is 0 Å². The average Bonchev–Trinajstić information content (AvgIpc) is 2.52. The van der Waals surface area contributed by atoms with Crippen LogP contribution >= 0.6 is 0 Å². The van der Waals surface area contributed by atoms with E-state index in [9.17, 15) is 9.59 Å². The highest BCUT2D eigenvalue weighted by atomic mass is 16.5. The molecule has 6 heteroatoms. The molecule has 0 radical (unpaired) electrons. The predicted molar refractivity (Wildman–Crippen MR) is 76.8 cm³/mol. The number of pyridine rings is 1. The van der Waals surface area contributed by atoms with E-state index in [-0.39, 0.29) is 12.0 Å². The molecule has 1 N–H and O–H groups in total. The first-order chi connectivity index (χ1) is 10.1. The number of methoxy groups -OCH3 is 1. The number of carbonyl (C=O) groups is 2. The largest absolute Gasteiger partial charge is 0.478 e. The third-order valence-electron chi connectivity index (χ3n) is 3.49. The Morgan fingerprint density at radius 1 is 1.38 bits per heavy atom. The van der Waals surface area contributed by atoms with Gasteiger partial charge < -0.3 is 14.7 Å². The van der Waals surface area contributed by atoms with Gasteiger partial charge in [0.25, 0.3) is 5.91 Å². The van der Waals surface area contributed by atoms with Crippen LogP contribution in [0.5, 0.6) is 0 Å². The summed E-state index contributed by atoms with van der Waals surface area (Å²) in [5.74, 6) is -1.11. The van der Waals surface area contributed by atoms with Gasteiger partial charge in [-0.3, -0.25) is 9.78 Å². The molecule has 0 bridgehead atoms. The van der Waals surface area contributed by atoms with Crippen LogP contribution in [0.3, 0.4) is 0 Å². The van der Waals surface area contributed by atoms with Crippen molar-refractivity contribution in [2.45, 2.75) is 18.9 Å². The summed E-state index contributed by atoms with van der Waals surface area (Å²) in [6.45, 7) is 1.32. The van der Waals surface area contributed by atoms with Crippen LogP contribution in [0.4, 0.5) is 0 Å². The molecule has 2 heterocycles. The maximum Gasteiger partial charge on any atom is 0.328 e. The van der Waals surface area contributed by atoms with Gasteiger partial charge in [-0.05, 0) is 30.5 Å². The van der Waals surface area contributed by atoms with Gasteiger partial charge in [0.05, 0.1) is 11.7 Å². The van der Waals surface area contributed by atoms with Crippen molar-refractivity contribution < 1.29 is 19.4 Å². The molecule has 0 aromatic carbocycles. The highest BCUT2D eigenvalue weighted by Crippen LogP contribution is 2.16. The minimum atomic E-state index is -1.03. The van der Waals surface area contributed by atoms with Crippen LogP contribution in [0.2, 0.25) is 0 Å². The number of rotatable bonds is 4. The van der Waals surface area contributed by atoms with E-state index in [1.807, 2.05) is 0 Å². The van der Waals surface area contributed by atoms with Crippen LogP contribution in [0.1, 0.15) is 28.8 Å². The van der Waals surface area contributed by atoms with Crippen LogP contribution < -0.4 is 0 Å². The number of aromatic nitrogens is 1. The van der Waals surface area contributed by atoms with Gasteiger partial charge >= 0.3 is 5.97 Å². The highest BCUT2D eigenvalue weighted by Gasteiger charge is 2.23. The molecule has 0 spiro atoms. The van der Waals surface area contributed by atoms with Gasteiger partial charge in [0, 0.05) is 38.7 Å². The first kappa shape index (κ1) is 15.2. The summed E-state index contributed by atoms with van der Waals surface area (Å²) in [6.07, 6.45) is 7.34. The molecular formula is C15H18N2O4. The maximum absolute atomic E-state index is 12.4. The molecule has 1 aromatic heterocycles. The minimum Gasteiger partial charge on any atom is -0.478 e. The van der Waals surface area contributed by atoms with Crippen LogP contribution in [-0.4, -0.2) is 53.2 Å². The van der Waals surface area contributed by atoms with E-state index in [1.165, 1.54) is 18.5 Å². The summed E-state index contributed by atoms with van der Waals surface area (Å²) in [7, 11) is 1.68. The third-order valence-corrected chi connectivity index (χ3v) is 3.49. The molecule has 0 unspecified atom stereocenters. The molecule has 1 saturated heterocycles. The molecule has 6 nitrogen and oxygen atoms in total. The average molecular weight is 290 g/mol. The Morgan fingerprint density at radius 2 is 2.10 bits per heavy atom. The van der Waals surface area contributed by atoms with Crippen molar-refractivity contribution in [2.24, 2.45) is 0 Å². The zero-order valence-electron chi connectivity index (χ0n) is 11.9. The Morgan fingerprint density at radius 3 is 2.71 bits per heavy atom. The monoisotopic (exact) mass is 290 g/mol. The molecule has 0 aliphatic carbocycles. The van der Waals surface area contributed by atoms with Gasteiger partial charge in [0.2, 0.25) is 0 Å². The number of hydrogen-bond acceptors (Lipinski definition) is 4. The first-order valence-electron chi connectivity index (χ1n) is 6.78. The lowest BCUT2D eigenvalue weighted by atomic mass is 10.1. The third kappa shape index (κ3) is 4.13. The van der Waals surface area contributed by atoms with Crippen LogP contribution in [0, 0.1) is 0 Å². The van der Waals surface area contributed by atoms with E-state index < -0.39 is 5.97 Å². The van der Waals surface area contributed by atoms with Crippen molar-refractivity contribution in [1.82, 2.24) is 9.88 Å². The number of carboxylic acid groups (broad SMARTS) is 1. The van der Waals surface area contributed by atoms with E-state index in [1.54, 1.807) is 18.1 Å². The number of likely N-dealkylation sites (tertiary alicyclic amines) is 1. The standard InChI is InChI=1S/C15H18N2O4/c1-21-13-4-6-17(7-5-13)15(20)12-8-11(9-16-10-12)2-3-14(18)19/h2-3,8-10,13H,4-7H2,1H3,(H,18,19). The molecule has 1 aliphatic heterocycles. The molecule has 1 amide bonds. The van der Waals surface area contributed by atoms with E-state index in [0.717, 1.165) is 18.9 Å². The van der Waals surface area contributed by atoms with Gasteiger partial charge in [-0.2, -0.15) is 0 Å². The highest BCUT2D eigenvalue weighted by molar-refractivity contribution is 5.94. The van der Waals surface area contributed by atoms with Crippen LogP contribution in [-0.2, 0) is 9.53 Å². The van der Waals surface area contributed by atoms with Crippen molar-refractivity contribution in [1.29, 1.82) is 0 Å². The van der Waals surface area contributed by atoms with Crippen molar-refractivity contribution in [3.63, 3.8) is 0 Å². The molecule has 112 valence electrons. The minimum absolute atomic E-state index is 0.0809. The Labute approximate surface area is 123 Å². The van der Waals surface area contributed by atoms with E-state index in [2.05, 4.69) is 4.98 Å². The number of amides is 1. The first-order valence-corrected chi connectivity index (χ1v) is 6.78. The summed E-state index contributed by atoms with van der Waals surface area (Å²) < 4.78 is 5.28. The van der Waals surface area contributed by atoms with Crippen molar-refractivity contribution in [3.05, 3.63) is 35.7 Å². The Bertz CT molecular complexity index is 548. The van der Waals surface area contributed by atoms with E-state index >= 15 is 0 Å². The maximum atomic E-state index is 12.4. The Kier molecular flexibility index (Phi) is 5.05.